The fourth-order valence-electron chi connectivity index (χ4n) is 1.89. The lowest BCUT2D eigenvalue weighted by Crippen LogP contribution is -2.18. The molecule has 1 N–H and O–H groups in total. The SMILES string of the molecule is CNC(c1ccc(Cl)cc1)c1cc(Br)ccc1I. The van der Waals surface area contributed by atoms with Crippen LogP contribution in [-0.4, -0.2) is 7.05 Å². The van der Waals surface area contributed by atoms with Crippen molar-refractivity contribution in [3.63, 3.8) is 0 Å². The molecule has 1 atom stereocenters. The summed E-state index contributed by atoms with van der Waals surface area (Å²) >= 11 is 11.8. The molecule has 0 bridgehead atoms. The summed E-state index contributed by atoms with van der Waals surface area (Å²) in [4.78, 5) is 0. The van der Waals surface area contributed by atoms with Crippen LogP contribution < -0.4 is 5.32 Å². The van der Waals surface area contributed by atoms with E-state index in [1.165, 1.54) is 14.7 Å². The molecule has 2 rings (SSSR count). The second-order valence-corrected chi connectivity index (χ2v) is 6.45. The van der Waals surface area contributed by atoms with Crippen molar-refractivity contribution in [2.45, 2.75) is 6.04 Å². The molecule has 1 unspecified atom stereocenters. The minimum absolute atomic E-state index is 0.173. The molecule has 4 heteroatoms. The van der Waals surface area contributed by atoms with Crippen LogP contribution in [0.3, 0.4) is 0 Å². The van der Waals surface area contributed by atoms with E-state index in [0.717, 1.165) is 9.50 Å². The Morgan fingerprint density at radius 1 is 1.17 bits per heavy atom. The first-order valence-electron chi connectivity index (χ1n) is 5.49. The van der Waals surface area contributed by atoms with Gasteiger partial charge in [-0.05, 0) is 71.1 Å². The zero-order valence-electron chi connectivity index (χ0n) is 9.75. The summed E-state index contributed by atoms with van der Waals surface area (Å²) in [6.45, 7) is 0. The standard InChI is InChI=1S/C14H12BrClIN/c1-18-14(9-2-5-11(16)6-3-9)12-8-10(15)4-7-13(12)17/h2-8,14,18H,1H3. The van der Waals surface area contributed by atoms with Gasteiger partial charge in [0, 0.05) is 13.1 Å². The molecule has 0 amide bonds. The number of benzene rings is 2. The molecule has 18 heavy (non-hydrogen) atoms. The van der Waals surface area contributed by atoms with Gasteiger partial charge in [0.1, 0.15) is 0 Å². The van der Waals surface area contributed by atoms with Gasteiger partial charge in [-0.3, -0.25) is 0 Å². The van der Waals surface area contributed by atoms with Crippen LogP contribution in [0.5, 0.6) is 0 Å². The van der Waals surface area contributed by atoms with E-state index in [1.807, 2.05) is 19.2 Å². The van der Waals surface area contributed by atoms with Gasteiger partial charge in [0.05, 0.1) is 6.04 Å². The first-order chi connectivity index (χ1) is 8.61. The summed E-state index contributed by atoms with van der Waals surface area (Å²) < 4.78 is 2.33. The summed E-state index contributed by atoms with van der Waals surface area (Å²) in [7, 11) is 1.97. The van der Waals surface area contributed by atoms with Crippen LogP contribution in [0.25, 0.3) is 0 Å². The molecule has 0 aromatic heterocycles. The summed E-state index contributed by atoms with van der Waals surface area (Å²) in [6.07, 6.45) is 0. The molecule has 0 aliphatic rings. The number of hydrogen-bond donors (Lipinski definition) is 1. The highest BCUT2D eigenvalue weighted by Crippen LogP contribution is 2.29. The number of halogens is 3. The molecule has 94 valence electrons. The fourth-order valence-corrected chi connectivity index (χ4v) is 3.04. The molecular formula is C14H12BrClIN. The van der Waals surface area contributed by atoms with Crippen molar-refractivity contribution in [1.29, 1.82) is 0 Å². The topological polar surface area (TPSA) is 12.0 Å². The highest BCUT2D eigenvalue weighted by Gasteiger charge is 2.15. The second kappa shape index (κ2) is 6.37. The van der Waals surface area contributed by atoms with E-state index in [-0.39, 0.29) is 6.04 Å². The smallest absolute Gasteiger partial charge is 0.0585 e. The summed E-state index contributed by atoms with van der Waals surface area (Å²) in [5, 5.41) is 4.12. The molecule has 0 spiro atoms. The zero-order chi connectivity index (χ0) is 13.1. The van der Waals surface area contributed by atoms with Gasteiger partial charge < -0.3 is 5.32 Å². The number of hydrogen-bond acceptors (Lipinski definition) is 1. The van der Waals surface area contributed by atoms with Gasteiger partial charge in [-0.2, -0.15) is 0 Å². The van der Waals surface area contributed by atoms with Crippen LogP contribution in [0, 0.1) is 3.57 Å². The molecular weight excluding hydrogens is 424 g/mol. The van der Waals surface area contributed by atoms with Gasteiger partial charge in [0.15, 0.2) is 0 Å². The Bertz CT molecular complexity index is 542. The van der Waals surface area contributed by atoms with E-state index in [4.69, 9.17) is 11.6 Å². The normalized spacial score (nSPS) is 12.4. The molecule has 0 saturated heterocycles. The maximum Gasteiger partial charge on any atom is 0.0585 e. The minimum Gasteiger partial charge on any atom is -0.309 e. The summed E-state index contributed by atoms with van der Waals surface area (Å²) in [5.74, 6) is 0. The summed E-state index contributed by atoms with van der Waals surface area (Å²) in [6, 6.07) is 14.4. The molecule has 0 aliphatic carbocycles. The van der Waals surface area contributed by atoms with E-state index in [2.05, 4.69) is 74.2 Å². The van der Waals surface area contributed by atoms with Crippen LogP contribution >= 0.6 is 50.1 Å². The van der Waals surface area contributed by atoms with E-state index in [1.54, 1.807) is 0 Å². The Labute approximate surface area is 134 Å². The van der Waals surface area contributed by atoms with Crippen LogP contribution in [0.2, 0.25) is 5.02 Å². The van der Waals surface area contributed by atoms with Gasteiger partial charge in [-0.25, -0.2) is 0 Å². The first-order valence-corrected chi connectivity index (χ1v) is 7.74. The van der Waals surface area contributed by atoms with Crippen LogP contribution in [0.15, 0.2) is 46.9 Å². The van der Waals surface area contributed by atoms with Crippen molar-refractivity contribution in [1.82, 2.24) is 5.32 Å². The molecule has 2 aromatic carbocycles. The maximum atomic E-state index is 5.93. The second-order valence-electron chi connectivity index (χ2n) is 3.94. The third-order valence-corrected chi connectivity index (χ3v) is 4.49. The lowest BCUT2D eigenvalue weighted by Gasteiger charge is -2.19. The van der Waals surface area contributed by atoms with E-state index in [9.17, 15) is 0 Å². The average molecular weight is 437 g/mol. The average Bonchev–Trinajstić information content (AvgIpc) is 2.37. The van der Waals surface area contributed by atoms with Gasteiger partial charge in [0.2, 0.25) is 0 Å². The van der Waals surface area contributed by atoms with Gasteiger partial charge in [-0.1, -0.05) is 39.7 Å². The Kier molecular flexibility index (Phi) is 5.06. The number of rotatable bonds is 3. The van der Waals surface area contributed by atoms with Crippen LogP contribution in [0.4, 0.5) is 0 Å². The molecule has 0 radical (unpaired) electrons. The molecule has 1 nitrogen and oxygen atoms in total. The quantitative estimate of drug-likeness (QED) is 0.667. The van der Waals surface area contributed by atoms with Crippen LogP contribution in [-0.2, 0) is 0 Å². The Morgan fingerprint density at radius 3 is 2.44 bits per heavy atom. The maximum absolute atomic E-state index is 5.93. The third kappa shape index (κ3) is 3.26. The van der Waals surface area contributed by atoms with Crippen molar-refractivity contribution >= 4 is 50.1 Å². The molecule has 0 aliphatic heterocycles. The largest absolute Gasteiger partial charge is 0.309 e. The van der Waals surface area contributed by atoms with Gasteiger partial charge in [0.25, 0.3) is 0 Å². The van der Waals surface area contributed by atoms with Crippen LogP contribution in [0.1, 0.15) is 17.2 Å². The van der Waals surface area contributed by atoms with E-state index in [0.29, 0.717) is 0 Å². The van der Waals surface area contributed by atoms with Crippen molar-refractivity contribution in [2.24, 2.45) is 0 Å². The Morgan fingerprint density at radius 2 is 1.83 bits per heavy atom. The molecule has 0 saturated carbocycles. The molecule has 0 fully saturated rings. The summed E-state index contributed by atoms with van der Waals surface area (Å²) in [5.41, 5.74) is 2.47. The molecule has 0 heterocycles. The van der Waals surface area contributed by atoms with E-state index < -0.39 is 0 Å². The van der Waals surface area contributed by atoms with Crippen molar-refractivity contribution in [3.05, 3.63) is 66.7 Å². The lowest BCUT2D eigenvalue weighted by molar-refractivity contribution is 0.688. The predicted octanol–water partition coefficient (Wildman–Crippen LogP) is 5.02. The van der Waals surface area contributed by atoms with Crippen molar-refractivity contribution < 1.29 is 0 Å². The molecule has 2 aromatic rings. The Hall–Kier alpha value is -0.100. The monoisotopic (exact) mass is 435 g/mol. The predicted molar refractivity (Wildman–Crippen MR) is 89.2 cm³/mol. The van der Waals surface area contributed by atoms with Gasteiger partial charge in [-0.15, -0.1) is 0 Å². The number of nitrogens with one attached hydrogen (secondary N) is 1. The lowest BCUT2D eigenvalue weighted by atomic mass is 9.99. The van der Waals surface area contributed by atoms with Crippen molar-refractivity contribution in [3.8, 4) is 0 Å². The van der Waals surface area contributed by atoms with E-state index >= 15 is 0 Å². The fraction of sp³-hybridized carbons (Fsp3) is 0.143. The highest BCUT2D eigenvalue weighted by atomic mass is 127. The Balaban J connectivity index is 2.44. The minimum atomic E-state index is 0.173. The third-order valence-electron chi connectivity index (χ3n) is 2.76. The zero-order valence-corrected chi connectivity index (χ0v) is 14.3. The highest BCUT2D eigenvalue weighted by molar-refractivity contribution is 14.1. The van der Waals surface area contributed by atoms with Gasteiger partial charge >= 0.3 is 0 Å². The van der Waals surface area contributed by atoms with Crippen molar-refractivity contribution in [2.75, 3.05) is 7.05 Å². The first kappa shape index (κ1) is 14.3.